The van der Waals surface area contributed by atoms with Crippen molar-refractivity contribution in [1.82, 2.24) is 5.32 Å². The highest BCUT2D eigenvalue weighted by molar-refractivity contribution is 7.80. The minimum absolute atomic E-state index is 0.0116. The fourth-order valence-corrected chi connectivity index (χ4v) is 1.58. The SMILES string of the molecule is O=C(NCC1CC1)c1ccccc1S. The second-order valence-electron chi connectivity index (χ2n) is 3.67. The van der Waals surface area contributed by atoms with Gasteiger partial charge in [-0.05, 0) is 30.9 Å². The standard InChI is InChI=1S/C11H13NOS/c13-11(12-7-8-5-6-8)9-3-1-2-4-10(9)14/h1-4,8,14H,5-7H2,(H,12,13). The Bertz CT molecular complexity index is 347. The van der Waals surface area contributed by atoms with Crippen molar-refractivity contribution in [3.8, 4) is 0 Å². The van der Waals surface area contributed by atoms with Crippen molar-refractivity contribution < 1.29 is 4.79 Å². The molecule has 1 aliphatic rings. The molecule has 0 saturated heterocycles. The fourth-order valence-electron chi connectivity index (χ4n) is 1.32. The van der Waals surface area contributed by atoms with Gasteiger partial charge < -0.3 is 5.32 Å². The van der Waals surface area contributed by atoms with Crippen molar-refractivity contribution in [3.63, 3.8) is 0 Å². The Balaban J connectivity index is 1.98. The lowest BCUT2D eigenvalue weighted by molar-refractivity contribution is 0.0949. The molecule has 0 bridgehead atoms. The quantitative estimate of drug-likeness (QED) is 0.730. The maximum atomic E-state index is 11.6. The Hall–Kier alpha value is -0.960. The van der Waals surface area contributed by atoms with Crippen LogP contribution in [-0.4, -0.2) is 12.5 Å². The van der Waals surface area contributed by atoms with Gasteiger partial charge in [-0.15, -0.1) is 12.6 Å². The van der Waals surface area contributed by atoms with Gasteiger partial charge in [0.2, 0.25) is 0 Å². The molecule has 14 heavy (non-hydrogen) atoms. The van der Waals surface area contributed by atoms with Crippen molar-refractivity contribution in [3.05, 3.63) is 29.8 Å². The molecule has 1 aromatic rings. The van der Waals surface area contributed by atoms with Crippen molar-refractivity contribution >= 4 is 18.5 Å². The van der Waals surface area contributed by atoms with E-state index in [2.05, 4.69) is 17.9 Å². The van der Waals surface area contributed by atoms with Crippen LogP contribution in [0.15, 0.2) is 29.2 Å². The molecule has 2 nitrogen and oxygen atoms in total. The molecule has 1 N–H and O–H groups in total. The minimum Gasteiger partial charge on any atom is -0.352 e. The van der Waals surface area contributed by atoms with Crippen molar-refractivity contribution in [2.45, 2.75) is 17.7 Å². The van der Waals surface area contributed by atoms with Gasteiger partial charge >= 0.3 is 0 Å². The zero-order valence-corrected chi connectivity index (χ0v) is 8.76. The van der Waals surface area contributed by atoms with E-state index < -0.39 is 0 Å². The predicted octanol–water partition coefficient (Wildman–Crippen LogP) is 2.12. The molecule has 0 radical (unpaired) electrons. The third kappa shape index (κ3) is 2.29. The molecular weight excluding hydrogens is 194 g/mol. The van der Waals surface area contributed by atoms with Crippen molar-refractivity contribution in [1.29, 1.82) is 0 Å². The molecular formula is C11H13NOS. The summed E-state index contributed by atoms with van der Waals surface area (Å²) in [5.41, 5.74) is 0.663. The van der Waals surface area contributed by atoms with E-state index in [0.29, 0.717) is 11.5 Å². The molecule has 1 fully saturated rings. The first-order valence-electron chi connectivity index (χ1n) is 4.83. The molecule has 0 aliphatic heterocycles. The van der Waals surface area contributed by atoms with Gasteiger partial charge in [0.25, 0.3) is 5.91 Å². The lowest BCUT2D eigenvalue weighted by atomic mass is 10.2. The Labute approximate surface area is 89.1 Å². The highest BCUT2D eigenvalue weighted by Gasteiger charge is 2.22. The molecule has 1 aromatic carbocycles. The second kappa shape index (κ2) is 4.05. The van der Waals surface area contributed by atoms with Gasteiger partial charge in [0.15, 0.2) is 0 Å². The minimum atomic E-state index is -0.0116. The number of thiol groups is 1. The molecule has 0 atom stereocenters. The number of rotatable bonds is 3. The summed E-state index contributed by atoms with van der Waals surface area (Å²) >= 11 is 4.24. The van der Waals surface area contributed by atoms with Gasteiger partial charge in [0.05, 0.1) is 5.56 Å². The van der Waals surface area contributed by atoms with Crippen LogP contribution in [0.2, 0.25) is 0 Å². The summed E-state index contributed by atoms with van der Waals surface area (Å²) in [5, 5.41) is 2.91. The summed E-state index contributed by atoms with van der Waals surface area (Å²) in [6.45, 7) is 0.806. The highest BCUT2D eigenvalue weighted by Crippen LogP contribution is 2.27. The van der Waals surface area contributed by atoms with Gasteiger partial charge in [-0.1, -0.05) is 12.1 Å². The number of hydrogen-bond acceptors (Lipinski definition) is 2. The van der Waals surface area contributed by atoms with Crippen molar-refractivity contribution in [2.75, 3.05) is 6.54 Å². The molecule has 74 valence electrons. The van der Waals surface area contributed by atoms with Crippen LogP contribution in [0.4, 0.5) is 0 Å². The Morgan fingerprint density at radius 3 is 2.79 bits per heavy atom. The monoisotopic (exact) mass is 207 g/mol. The second-order valence-corrected chi connectivity index (χ2v) is 4.15. The van der Waals surface area contributed by atoms with E-state index in [1.165, 1.54) is 12.8 Å². The number of carbonyl (C=O) groups is 1. The number of nitrogens with one attached hydrogen (secondary N) is 1. The van der Waals surface area contributed by atoms with Crippen LogP contribution in [0.1, 0.15) is 23.2 Å². The van der Waals surface area contributed by atoms with Crippen LogP contribution in [0.3, 0.4) is 0 Å². The van der Waals surface area contributed by atoms with E-state index in [1.807, 2.05) is 18.2 Å². The predicted molar refractivity (Wildman–Crippen MR) is 58.8 cm³/mol. The van der Waals surface area contributed by atoms with Crippen LogP contribution in [-0.2, 0) is 0 Å². The number of carbonyl (C=O) groups excluding carboxylic acids is 1. The van der Waals surface area contributed by atoms with Crippen LogP contribution >= 0.6 is 12.6 Å². The van der Waals surface area contributed by atoms with Gasteiger partial charge in [0, 0.05) is 11.4 Å². The van der Waals surface area contributed by atoms with Gasteiger partial charge in [-0.25, -0.2) is 0 Å². The third-order valence-electron chi connectivity index (χ3n) is 2.40. The van der Waals surface area contributed by atoms with E-state index in [-0.39, 0.29) is 5.91 Å². The van der Waals surface area contributed by atoms with E-state index in [4.69, 9.17) is 0 Å². The zero-order chi connectivity index (χ0) is 9.97. The van der Waals surface area contributed by atoms with Gasteiger partial charge in [-0.3, -0.25) is 4.79 Å². The average Bonchev–Trinajstić information content (AvgIpc) is 2.98. The maximum Gasteiger partial charge on any atom is 0.252 e. The Morgan fingerprint density at radius 1 is 1.43 bits per heavy atom. The third-order valence-corrected chi connectivity index (χ3v) is 2.79. The maximum absolute atomic E-state index is 11.6. The summed E-state index contributed by atoms with van der Waals surface area (Å²) < 4.78 is 0. The average molecular weight is 207 g/mol. The topological polar surface area (TPSA) is 29.1 Å². The molecule has 1 saturated carbocycles. The molecule has 1 aliphatic carbocycles. The normalized spacial score (nSPS) is 15.2. The highest BCUT2D eigenvalue weighted by atomic mass is 32.1. The molecule has 0 aromatic heterocycles. The van der Waals surface area contributed by atoms with Gasteiger partial charge in [0.1, 0.15) is 0 Å². The first-order chi connectivity index (χ1) is 6.77. The number of hydrogen-bond donors (Lipinski definition) is 2. The first-order valence-corrected chi connectivity index (χ1v) is 5.28. The molecule has 0 unspecified atom stereocenters. The van der Waals surface area contributed by atoms with Gasteiger partial charge in [-0.2, -0.15) is 0 Å². The first kappa shape index (κ1) is 9.59. The summed E-state index contributed by atoms with van der Waals surface area (Å²) in [7, 11) is 0. The largest absolute Gasteiger partial charge is 0.352 e. The van der Waals surface area contributed by atoms with E-state index in [1.54, 1.807) is 6.07 Å². The van der Waals surface area contributed by atoms with E-state index in [9.17, 15) is 4.79 Å². The van der Waals surface area contributed by atoms with Crippen LogP contribution < -0.4 is 5.32 Å². The lowest BCUT2D eigenvalue weighted by Crippen LogP contribution is -2.25. The van der Waals surface area contributed by atoms with Crippen LogP contribution in [0, 0.1) is 5.92 Å². The summed E-state index contributed by atoms with van der Waals surface area (Å²) in [5.74, 6) is 0.702. The molecule has 1 amide bonds. The molecule has 2 rings (SSSR count). The number of benzene rings is 1. The molecule has 0 spiro atoms. The summed E-state index contributed by atoms with van der Waals surface area (Å²) in [6.07, 6.45) is 2.51. The Kier molecular flexibility index (Phi) is 2.77. The summed E-state index contributed by atoms with van der Waals surface area (Å²) in [4.78, 5) is 12.4. The summed E-state index contributed by atoms with van der Waals surface area (Å²) in [6, 6.07) is 7.35. The van der Waals surface area contributed by atoms with Crippen LogP contribution in [0.5, 0.6) is 0 Å². The fraction of sp³-hybridized carbons (Fsp3) is 0.364. The number of amides is 1. The molecule has 0 heterocycles. The smallest absolute Gasteiger partial charge is 0.252 e. The van der Waals surface area contributed by atoms with E-state index >= 15 is 0 Å². The Morgan fingerprint density at radius 2 is 2.14 bits per heavy atom. The zero-order valence-electron chi connectivity index (χ0n) is 7.86. The molecule has 3 heteroatoms. The van der Waals surface area contributed by atoms with E-state index in [0.717, 1.165) is 11.4 Å². The van der Waals surface area contributed by atoms with Crippen LogP contribution in [0.25, 0.3) is 0 Å². The van der Waals surface area contributed by atoms with Crippen molar-refractivity contribution in [2.24, 2.45) is 5.92 Å². The lowest BCUT2D eigenvalue weighted by Gasteiger charge is -2.05.